The average molecular weight is 500 g/mol. The third kappa shape index (κ3) is 6.30. The highest BCUT2D eigenvalue weighted by Gasteiger charge is 2.38. The van der Waals surface area contributed by atoms with Gasteiger partial charge in [0.25, 0.3) is 0 Å². The first kappa shape index (κ1) is 25.0. The summed E-state index contributed by atoms with van der Waals surface area (Å²) >= 11 is 5.95. The number of nitriles is 1. The summed E-state index contributed by atoms with van der Waals surface area (Å²) in [4.78, 5) is 27.4. The summed E-state index contributed by atoms with van der Waals surface area (Å²) in [5.41, 5.74) is 9.47. The number of hydrogen-bond acceptors (Lipinski definition) is 5. The van der Waals surface area contributed by atoms with E-state index in [0.29, 0.717) is 35.2 Å². The highest BCUT2D eigenvalue weighted by atomic mass is 35.5. The van der Waals surface area contributed by atoms with Gasteiger partial charge in [-0.05, 0) is 53.6 Å². The predicted octanol–water partition coefficient (Wildman–Crippen LogP) is 4.75. The quantitative estimate of drug-likeness (QED) is 0.247. The standard InChI is InChI=1S/C28H26ClN5O2/c29-21-10-12-22(13-11-21)32-28(36)24-18-34(16-15-30)17-23(24)20-8-5-19(6-9-20)7-14-27(35)33-26-4-2-1-3-25(26)31/h1-14,23-24H,16-18,31H2,(H,32,36)(H,33,35)/b14-7+/t23-,24+/m1/s1. The molecular weight excluding hydrogens is 474 g/mol. The van der Waals surface area contributed by atoms with Crippen molar-refractivity contribution in [2.45, 2.75) is 5.92 Å². The zero-order chi connectivity index (χ0) is 25.5. The molecular formula is C28H26ClN5O2. The molecule has 4 rings (SSSR count). The van der Waals surface area contributed by atoms with Crippen molar-refractivity contribution in [3.63, 3.8) is 0 Å². The van der Waals surface area contributed by atoms with Crippen LogP contribution in [0.25, 0.3) is 6.08 Å². The number of carbonyl (C=O) groups is 2. The Labute approximate surface area is 215 Å². The Kier molecular flexibility index (Phi) is 8.01. The number of rotatable bonds is 7. The molecule has 0 aliphatic carbocycles. The molecule has 4 N–H and O–H groups in total. The monoisotopic (exact) mass is 499 g/mol. The number of carbonyl (C=O) groups excluding carboxylic acids is 2. The van der Waals surface area contributed by atoms with Gasteiger partial charge in [-0.15, -0.1) is 0 Å². The second-order valence-electron chi connectivity index (χ2n) is 8.64. The van der Waals surface area contributed by atoms with Crippen LogP contribution in [0, 0.1) is 17.2 Å². The van der Waals surface area contributed by atoms with Crippen LogP contribution in [0.1, 0.15) is 17.0 Å². The molecule has 0 radical (unpaired) electrons. The number of halogens is 1. The fourth-order valence-electron chi connectivity index (χ4n) is 4.30. The average Bonchev–Trinajstić information content (AvgIpc) is 3.30. The molecule has 8 heteroatoms. The summed E-state index contributed by atoms with van der Waals surface area (Å²) in [5, 5.41) is 15.5. The lowest BCUT2D eigenvalue weighted by atomic mass is 9.88. The minimum Gasteiger partial charge on any atom is -0.397 e. The maximum Gasteiger partial charge on any atom is 0.248 e. The molecule has 1 heterocycles. The largest absolute Gasteiger partial charge is 0.397 e. The molecule has 1 saturated heterocycles. The van der Waals surface area contributed by atoms with E-state index < -0.39 is 0 Å². The number of nitrogens with zero attached hydrogens (tertiary/aromatic N) is 2. The van der Waals surface area contributed by atoms with Crippen LogP contribution in [0.5, 0.6) is 0 Å². The Morgan fingerprint density at radius 2 is 1.75 bits per heavy atom. The van der Waals surface area contributed by atoms with Gasteiger partial charge in [0.15, 0.2) is 0 Å². The van der Waals surface area contributed by atoms with Crippen LogP contribution in [-0.4, -0.2) is 36.3 Å². The van der Waals surface area contributed by atoms with Crippen LogP contribution in [0.2, 0.25) is 5.02 Å². The van der Waals surface area contributed by atoms with Gasteiger partial charge in [-0.3, -0.25) is 14.5 Å². The predicted molar refractivity (Wildman–Crippen MR) is 143 cm³/mol. The summed E-state index contributed by atoms with van der Waals surface area (Å²) in [7, 11) is 0. The molecule has 1 aliphatic heterocycles. The third-order valence-corrected chi connectivity index (χ3v) is 6.40. The van der Waals surface area contributed by atoms with Crippen LogP contribution >= 0.6 is 11.6 Å². The molecule has 0 aromatic heterocycles. The van der Waals surface area contributed by atoms with E-state index in [1.807, 2.05) is 29.2 Å². The van der Waals surface area contributed by atoms with Crippen molar-refractivity contribution in [2.75, 3.05) is 36.0 Å². The number of nitrogen functional groups attached to an aromatic ring is 1. The summed E-state index contributed by atoms with van der Waals surface area (Å²) < 4.78 is 0. The molecule has 0 bridgehead atoms. The molecule has 1 fully saturated rings. The topological polar surface area (TPSA) is 111 Å². The van der Waals surface area contributed by atoms with E-state index >= 15 is 0 Å². The number of nitrogens with two attached hydrogens (primary N) is 1. The fraction of sp³-hybridized carbons (Fsp3) is 0.179. The molecule has 0 unspecified atom stereocenters. The minimum absolute atomic E-state index is 0.0620. The van der Waals surface area contributed by atoms with E-state index in [-0.39, 0.29) is 30.2 Å². The van der Waals surface area contributed by atoms with Crippen molar-refractivity contribution in [1.82, 2.24) is 4.90 Å². The van der Waals surface area contributed by atoms with Crippen LogP contribution in [0.3, 0.4) is 0 Å². The molecule has 0 spiro atoms. The normalized spacial score (nSPS) is 17.6. The number of benzene rings is 3. The molecule has 182 valence electrons. The van der Waals surface area contributed by atoms with Crippen molar-refractivity contribution in [1.29, 1.82) is 5.26 Å². The smallest absolute Gasteiger partial charge is 0.248 e. The zero-order valence-electron chi connectivity index (χ0n) is 19.5. The van der Waals surface area contributed by atoms with Crippen molar-refractivity contribution in [3.05, 3.63) is 95.0 Å². The van der Waals surface area contributed by atoms with Crippen molar-refractivity contribution in [3.8, 4) is 6.07 Å². The van der Waals surface area contributed by atoms with Gasteiger partial charge in [0.05, 0.1) is 29.9 Å². The lowest BCUT2D eigenvalue weighted by Gasteiger charge is -2.19. The van der Waals surface area contributed by atoms with Crippen LogP contribution in [-0.2, 0) is 9.59 Å². The number of para-hydroxylation sites is 2. The molecule has 36 heavy (non-hydrogen) atoms. The van der Waals surface area contributed by atoms with Crippen LogP contribution in [0.4, 0.5) is 17.1 Å². The Bertz CT molecular complexity index is 1300. The second kappa shape index (κ2) is 11.5. The molecule has 0 saturated carbocycles. The lowest BCUT2D eigenvalue weighted by molar-refractivity contribution is -0.119. The highest BCUT2D eigenvalue weighted by molar-refractivity contribution is 6.30. The molecule has 3 aromatic carbocycles. The first-order valence-corrected chi connectivity index (χ1v) is 11.9. The van der Waals surface area contributed by atoms with Crippen LogP contribution < -0.4 is 16.4 Å². The van der Waals surface area contributed by atoms with E-state index in [4.69, 9.17) is 22.6 Å². The lowest BCUT2D eigenvalue weighted by Crippen LogP contribution is -2.29. The Balaban J connectivity index is 1.44. The van der Waals surface area contributed by atoms with E-state index in [2.05, 4.69) is 16.7 Å². The second-order valence-corrected chi connectivity index (χ2v) is 9.07. The summed E-state index contributed by atoms with van der Waals surface area (Å²) in [6.07, 6.45) is 3.17. The van der Waals surface area contributed by atoms with E-state index in [1.54, 1.807) is 54.6 Å². The van der Waals surface area contributed by atoms with Gasteiger partial charge >= 0.3 is 0 Å². The van der Waals surface area contributed by atoms with Crippen molar-refractivity contribution < 1.29 is 9.59 Å². The zero-order valence-corrected chi connectivity index (χ0v) is 20.3. The minimum atomic E-state index is -0.308. The first-order valence-electron chi connectivity index (χ1n) is 11.5. The van der Waals surface area contributed by atoms with E-state index in [1.165, 1.54) is 6.08 Å². The maximum atomic E-state index is 13.1. The Hall–Kier alpha value is -4.12. The van der Waals surface area contributed by atoms with E-state index in [0.717, 1.165) is 11.1 Å². The van der Waals surface area contributed by atoms with E-state index in [9.17, 15) is 9.59 Å². The Morgan fingerprint density at radius 3 is 2.44 bits per heavy atom. The van der Waals surface area contributed by atoms with Gasteiger partial charge in [-0.2, -0.15) is 5.26 Å². The summed E-state index contributed by atoms with van der Waals surface area (Å²) in [6, 6.07) is 24.0. The SMILES string of the molecule is N#CCN1C[C@H](C(=O)Nc2ccc(Cl)cc2)[C@@H](c2ccc(/C=C/C(=O)Nc3ccccc3N)cc2)C1. The first-order chi connectivity index (χ1) is 17.4. The van der Waals surface area contributed by atoms with Crippen LogP contribution in [0.15, 0.2) is 78.9 Å². The number of amides is 2. The fourth-order valence-corrected chi connectivity index (χ4v) is 4.42. The molecule has 3 aromatic rings. The number of likely N-dealkylation sites (tertiary alicyclic amines) is 1. The number of hydrogen-bond donors (Lipinski definition) is 3. The molecule has 1 aliphatic rings. The molecule has 2 atom stereocenters. The van der Waals surface area contributed by atoms with Gasteiger partial charge in [-0.1, -0.05) is 48.0 Å². The van der Waals surface area contributed by atoms with Gasteiger partial charge in [-0.25, -0.2) is 0 Å². The summed E-state index contributed by atoms with van der Waals surface area (Å²) in [5.74, 6) is -0.743. The molecule has 7 nitrogen and oxygen atoms in total. The number of anilines is 3. The van der Waals surface area contributed by atoms with Gasteiger partial charge in [0.2, 0.25) is 11.8 Å². The van der Waals surface area contributed by atoms with Gasteiger partial charge in [0, 0.05) is 35.8 Å². The highest BCUT2D eigenvalue weighted by Crippen LogP contribution is 2.34. The van der Waals surface area contributed by atoms with Crippen molar-refractivity contribution in [2.24, 2.45) is 5.92 Å². The van der Waals surface area contributed by atoms with Gasteiger partial charge < -0.3 is 16.4 Å². The Morgan fingerprint density at radius 1 is 1.03 bits per heavy atom. The molecule has 2 amide bonds. The number of nitrogens with one attached hydrogen (secondary N) is 2. The summed E-state index contributed by atoms with van der Waals surface area (Å²) in [6.45, 7) is 1.38. The third-order valence-electron chi connectivity index (χ3n) is 6.15. The maximum absolute atomic E-state index is 13.1. The van der Waals surface area contributed by atoms with Gasteiger partial charge in [0.1, 0.15) is 0 Å². The van der Waals surface area contributed by atoms with Crippen molar-refractivity contribution >= 4 is 46.6 Å².